The van der Waals surface area contributed by atoms with E-state index in [0.29, 0.717) is 11.3 Å². The van der Waals surface area contributed by atoms with E-state index in [-0.39, 0.29) is 11.9 Å². The predicted molar refractivity (Wildman–Crippen MR) is 77.4 cm³/mol. The molecule has 0 aliphatic carbocycles. The molecule has 1 aromatic carbocycles. The maximum Gasteiger partial charge on any atom is 0.132 e. The van der Waals surface area contributed by atoms with Gasteiger partial charge < -0.3 is 10.1 Å². The molecule has 102 valence electrons. The zero-order chi connectivity index (χ0) is 13.7. The summed E-state index contributed by atoms with van der Waals surface area (Å²) < 4.78 is 19.5. The molecule has 1 unspecified atom stereocenters. The fourth-order valence-corrected chi connectivity index (χ4v) is 2.87. The molecule has 0 saturated heterocycles. The summed E-state index contributed by atoms with van der Waals surface area (Å²) in [6.45, 7) is 2.93. The van der Waals surface area contributed by atoms with Crippen LogP contribution in [0, 0.1) is 5.82 Å². The molecule has 1 aromatic heterocycles. The van der Waals surface area contributed by atoms with Crippen molar-refractivity contribution in [1.29, 1.82) is 0 Å². The molecule has 0 aliphatic rings. The summed E-state index contributed by atoms with van der Waals surface area (Å²) in [5.74, 6) is 0.350. The smallest absolute Gasteiger partial charge is 0.132 e. The lowest BCUT2D eigenvalue weighted by atomic mass is 10.0. The van der Waals surface area contributed by atoms with Crippen LogP contribution in [0.25, 0.3) is 0 Å². The van der Waals surface area contributed by atoms with Gasteiger partial charge in [-0.25, -0.2) is 4.39 Å². The number of hydrogen-bond donors (Lipinski definition) is 1. The van der Waals surface area contributed by atoms with Crippen LogP contribution in [0.15, 0.2) is 35.7 Å². The Balaban J connectivity index is 2.43. The quantitative estimate of drug-likeness (QED) is 0.863. The number of benzene rings is 1. The first-order chi connectivity index (χ1) is 9.27. The van der Waals surface area contributed by atoms with Crippen molar-refractivity contribution in [2.24, 2.45) is 0 Å². The minimum Gasteiger partial charge on any atom is -0.496 e. The van der Waals surface area contributed by atoms with Gasteiger partial charge in [0.25, 0.3) is 0 Å². The lowest BCUT2D eigenvalue weighted by Crippen LogP contribution is -2.24. The molecule has 19 heavy (non-hydrogen) atoms. The van der Waals surface area contributed by atoms with E-state index in [4.69, 9.17) is 4.74 Å². The highest BCUT2D eigenvalue weighted by Gasteiger charge is 2.22. The van der Waals surface area contributed by atoms with Crippen molar-refractivity contribution in [1.82, 2.24) is 5.32 Å². The van der Waals surface area contributed by atoms with Gasteiger partial charge >= 0.3 is 0 Å². The van der Waals surface area contributed by atoms with Gasteiger partial charge in [0.15, 0.2) is 0 Å². The Morgan fingerprint density at radius 2 is 2.16 bits per heavy atom. The molecule has 0 spiro atoms. The fourth-order valence-electron chi connectivity index (χ4n) is 2.06. The number of nitrogens with one attached hydrogen (secondary N) is 1. The van der Waals surface area contributed by atoms with E-state index in [0.717, 1.165) is 17.8 Å². The molecule has 2 nitrogen and oxygen atoms in total. The molecular weight excluding hydrogens is 261 g/mol. The maximum atomic E-state index is 14.2. The van der Waals surface area contributed by atoms with Crippen molar-refractivity contribution in [2.45, 2.75) is 19.4 Å². The molecule has 1 heterocycles. The van der Waals surface area contributed by atoms with Crippen molar-refractivity contribution >= 4 is 11.3 Å². The molecular formula is C15H18FNOS. The number of halogens is 1. The summed E-state index contributed by atoms with van der Waals surface area (Å²) in [5, 5.41) is 5.40. The molecule has 0 amide bonds. The van der Waals surface area contributed by atoms with E-state index >= 15 is 0 Å². The van der Waals surface area contributed by atoms with Crippen LogP contribution in [0.1, 0.15) is 29.8 Å². The highest BCUT2D eigenvalue weighted by atomic mass is 32.1. The Labute approximate surface area is 117 Å². The van der Waals surface area contributed by atoms with E-state index in [9.17, 15) is 4.39 Å². The van der Waals surface area contributed by atoms with E-state index in [1.54, 1.807) is 30.6 Å². The van der Waals surface area contributed by atoms with Gasteiger partial charge in [-0.15, -0.1) is 11.3 Å². The highest BCUT2D eigenvalue weighted by molar-refractivity contribution is 7.10. The van der Waals surface area contributed by atoms with Crippen LogP contribution in [0.5, 0.6) is 5.75 Å². The summed E-state index contributed by atoms with van der Waals surface area (Å²) in [4.78, 5) is 1.09. The maximum absolute atomic E-state index is 14.2. The second-order valence-electron chi connectivity index (χ2n) is 4.26. The number of rotatable bonds is 6. The van der Waals surface area contributed by atoms with Gasteiger partial charge in [-0.1, -0.05) is 19.1 Å². The Morgan fingerprint density at radius 3 is 2.79 bits per heavy atom. The Morgan fingerprint density at radius 1 is 1.32 bits per heavy atom. The monoisotopic (exact) mass is 279 g/mol. The lowest BCUT2D eigenvalue weighted by Gasteiger charge is -2.20. The first-order valence-corrected chi connectivity index (χ1v) is 7.25. The third-order valence-corrected chi connectivity index (χ3v) is 3.88. The van der Waals surface area contributed by atoms with Crippen molar-refractivity contribution in [3.8, 4) is 5.75 Å². The largest absolute Gasteiger partial charge is 0.496 e. The minimum atomic E-state index is -0.235. The van der Waals surface area contributed by atoms with Crippen molar-refractivity contribution < 1.29 is 9.13 Å². The molecule has 4 heteroatoms. The first kappa shape index (κ1) is 14.0. The number of hydrogen-bond acceptors (Lipinski definition) is 3. The van der Waals surface area contributed by atoms with Crippen LogP contribution in [0.4, 0.5) is 4.39 Å². The van der Waals surface area contributed by atoms with Crippen LogP contribution in [-0.2, 0) is 0 Å². The number of ether oxygens (including phenoxy) is 1. The van der Waals surface area contributed by atoms with Crippen LogP contribution in [-0.4, -0.2) is 13.7 Å². The van der Waals surface area contributed by atoms with Crippen LogP contribution in [0.3, 0.4) is 0 Å². The topological polar surface area (TPSA) is 21.3 Å². The van der Waals surface area contributed by atoms with Crippen molar-refractivity contribution in [3.05, 3.63) is 52.0 Å². The summed E-state index contributed by atoms with van der Waals surface area (Å²) >= 11 is 1.62. The Bertz CT molecular complexity index is 513. The molecule has 1 atom stereocenters. The standard InChI is InChI=1S/C15H18FNOS/c1-3-9-17-15(13-8-5-10-19-13)14-11(16)6-4-7-12(14)18-2/h4-8,10,15,17H,3,9H2,1-2H3. The number of methoxy groups -OCH3 is 1. The molecule has 2 aromatic rings. The highest BCUT2D eigenvalue weighted by Crippen LogP contribution is 2.34. The van der Waals surface area contributed by atoms with Gasteiger partial charge in [0, 0.05) is 4.88 Å². The Kier molecular flexibility index (Phi) is 4.93. The molecule has 0 radical (unpaired) electrons. The summed E-state index contributed by atoms with van der Waals surface area (Å²) in [5.41, 5.74) is 0.584. The van der Waals surface area contributed by atoms with Gasteiger partial charge in [0.2, 0.25) is 0 Å². The van der Waals surface area contributed by atoms with Gasteiger partial charge in [-0.3, -0.25) is 0 Å². The van der Waals surface area contributed by atoms with E-state index in [2.05, 4.69) is 12.2 Å². The molecule has 0 saturated carbocycles. The van der Waals surface area contributed by atoms with Crippen LogP contribution < -0.4 is 10.1 Å². The third kappa shape index (κ3) is 3.14. The number of thiophene rings is 1. The molecule has 1 N–H and O–H groups in total. The van der Waals surface area contributed by atoms with E-state index < -0.39 is 0 Å². The summed E-state index contributed by atoms with van der Waals surface area (Å²) in [7, 11) is 1.57. The van der Waals surface area contributed by atoms with Gasteiger partial charge in [0.1, 0.15) is 11.6 Å². The van der Waals surface area contributed by atoms with Gasteiger partial charge in [0.05, 0.1) is 18.7 Å². The molecule has 0 fully saturated rings. The molecule has 0 bridgehead atoms. The zero-order valence-corrected chi connectivity index (χ0v) is 12.0. The average Bonchev–Trinajstić information content (AvgIpc) is 2.94. The molecule has 2 rings (SSSR count). The average molecular weight is 279 g/mol. The lowest BCUT2D eigenvalue weighted by molar-refractivity contribution is 0.397. The van der Waals surface area contributed by atoms with Gasteiger partial charge in [-0.05, 0) is 36.5 Å². The minimum absolute atomic E-state index is 0.156. The SMILES string of the molecule is CCCNC(c1cccs1)c1c(F)cccc1OC. The van der Waals surface area contributed by atoms with Crippen LogP contribution >= 0.6 is 11.3 Å². The second-order valence-corrected chi connectivity index (χ2v) is 5.24. The second kappa shape index (κ2) is 6.68. The summed E-state index contributed by atoms with van der Waals surface area (Å²) in [6.07, 6.45) is 0.999. The summed E-state index contributed by atoms with van der Waals surface area (Å²) in [6, 6.07) is 8.79. The van der Waals surface area contributed by atoms with Crippen LogP contribution in [0.2, 0.25) is 0 Å². The zero-order valence-electron chi connectivity index (χ0n) is 11.2. The third-order valence-electron chi connectivity index (χ3n) is 2.95. The van der Waals surface area contributed by atoms with Crippen molar-refractivity contribution in [3.63, 3.8) is 0 Å². The Hall–Kier alpha value is -1.39. The first-order valence-electron chi connectivity index (χ1n) is 6.37. The van der Waals surface area contributed by atoms with E-state index in [1.165, 1.54) is 6.07 Å². The predicted octanol–water partition coefficient (Wildman–Crippen LogP) is 3.98. The normalized spacial score (nSPS) is 12.4. The van der Waals surface area contributed by atoms with E-state index in [1.807, 2.05) is 17.5 Å². The fraction of sp³-hybridized carbons (Fsp3) is 0.333. The van der Waals surface area contributed by atoms with Crippen molar-refractivity contribution in [2.75, 3.05) is 13.7 Å². The van der Waals surface area contributed by atoms with Gasteiger partial charge in [-0.2, -0.15) is 0 Å². The molecule has 0 aliphatic heterocycles.